The molecule has 1 aromatic rings. The molecule has 0 aromatic carbocycles. The Morgan fingerprint density at radius 1 is 1.50 bits per heavy atom. The fourth-order valence-corrected chi connectivity index (χ4v) is 1.05. The normalized spacial score (nSPS) is 9.56. The number of nitrogens with one attached hydrogen (secondary N) is 2. The van der Waals surface area contributed by atoms with Crippen LogP contribution in [-0.4, -0.2) is 28.6 Å². The van der Waals surface area contributed by atoms with Crippen LogP contribution < -0.4 is 16.4 Å². The summed E-state index contributed by atoms with van der Waals surface area (Å²) in [5.41, 5.74) is 5.31. The first kappa shape index (κ1) is 11.8. The minimum Gasteiger partial charge on any atom is -0.478 e. The van der Waals surface area contributed by atoms with Crippen LogP contribution in [0.3, 0.4) is 0 Å². The lowest BCUT2D eigenvalue weighted by atomic mass is 10.2. The summed E-state index contributed by atoms with van der Waals surface area (Å²) >= 11 is 0. The number of carbonyl (C=O) groups excluding carboxylic acids is 1. The average Bonchev–Trinajstić information content (AvgIpc) is 2.17. The minimum atomic E-state index is -1.16. The highest BCUT2D eigenvalue weighted by Crippen LogP contribution is 2.12. The number of amides is 2. The molecule has 0 atom stereocenters. The third kappa shape index (κ3) is 2.84. The van der Waals surface area contributed by atoms with E-state index in [2.05, 4.69) is 15.6 Å². The molecular formula is C9H12N4O3. The number of aromatic nitrogens is 1. The van der Waals surface area contributed by atoms with E-state index >= 15 is 0 Å². The van der Waals surface area contributed by atoms with Crippen molar-refractivity contribution in [3.63, 3.8) is 0 Å². The van der Waals surface area contributed by atoms with Gasteiger partial charge in [0.05, 0.1) is 0 Å². The Kier molecular flexibility index (Phi) is 3.65. The van der Waals surface area contributed by atoms with E-state index in [0.29, 0.717) is 6.54 Å². The molecule has 0 aliphatic carbocycles. The monoisotopic (exact) mass is 224 g/mol. The van der Waals surface area contributed by atoms with Gasteiger partial charge in [-0.05, 0) is 19.1 Å². The molecule has 0 radical (unpaired) electrons. The highest BCUT2D eigenvalue weighted by atomic mass is 16.4. The molecule has 0 aliphatic rings. The Hall–Kier alpha value is -2.31. The molecule has 5 N–H and O–H groups in total. The van der Waals surface area contributed by atoms with Gasteiger partial charge in [0.1, 0.15) is 17.2 Å². The number of nitrogens with zero attached hydrogens (tertiary/aromatic N) is 1. The first-order valence-electron chi connectivity index (χ1n) is 4.59. The summed E-state index contributed by atoms with van der Waals surface area (Å²) in [6.45, 7) is 2.25. The number of aromatic carboxylic acids is 1. The zero-order valence-corrected chi connectivity index (χ0v) is 8.65. The fourth-order valence-electron chi connectivity index (χ4n) is 1.05. The molecule has 0 saturated heterocycles. The van der Waals surface area contributed by atoms with Crippen molar-refractivity contribution >= 4 is 23.6 Å². The fraction of sp³-hybridized carbons (Fsp3) is 0.222. The molecule has 0 aliphatic heterocycles. The molecule has 0 spiro atoms. The van der Waals surface area contributed by atoms with E-state index in [1.807, 2.05) is 0 Å². The van der Waals surface area contributed by atoms with Crippen LogP contribution in [0, 0.1) is 0 Å². The first-order chi connectivity index (χ1) is 7.54. The van der Waals surface area contributed by atoms with Crippen LogP contribution in [0.1, 0.15) is 17.3 Å². The number of pyridine rings is 1. The number of nitrogen functional groups attached to an aromatic ring is 1. The van der Waals surface area contributed by atoms with Crippen LogP contribution in [-0.2, 0) is 0 Å². The maximum Gasteiger partial charge on any atom is 0.339 e. The van der Waals surface area contributed by atoms with Crippen molar-refractivity contribution in [3.8, 4) is 0 Å². The predicted molar refractivity (Wildman–Crippen MR) is 58.3 cm³/mol. The largest absolute Gasteiger partial charge is 0.478 e. The number of hydrogen-bond donors (Lipinski definition) is 4. The van der Waals surface area contributed by atoms with Crippen molar-refractivity contribution in [1.82, 2.24) is 10.3 Å². The van der Waals surface area contributed by atoms with Gasteiger partial charge in [-0.25, -0.2) is 14.6 Å². The molecule has 1 rings (SSSR count). The van der Waals surface area contributed by atoms with Crippen LogP contribution in [0.15, 0.2) is 12.1 Å². The lowest BCUT2D eigenvalue weighted by molar-refractivity contribution is 0.0697. The van der Waals surface area contributed by atoms with Gasteiger partial charge in [-0.3, -0.25) is 5.32 Å². The molecule has 16 heavy (non-hydrogen) atoms. The van der Waals surface area contributed by atoms with Crippen LogP contribution in [0.4, 0.5) is 16.4 Å². The lowest BCUT2D eigenvalue weighted by Gasteiger charge is -2.06. The highest BCUT2D eigenvalue weighted by molar-refractivity contribution is 5.94. The summed E-state index contributed by atoms with van der Waals surface area (Å²) in [6, 6.07) is 2.24. The van der Waals surface area contributed by atoms with E-state index in [4.69, 9.17) is 10.8 Å². The van der Waals surface area contributed by atoms with Gasteiger partial charge in [-0.15, -0.1) is 0 Å². The third-order valence-electron chi connectivity index (χ3n) is 1.73. The van der Waals surface area contributed by atoms with Crippen LogP contribution in [0.5, 0.6) is 0 Å². The third-order valence-corrected chi connectivity index (χ3v) is 1.73. The van der Waals surface area contributed by atoms with Crippen molar-refractivity contribution in [2.75, 3.05) is 17.6 Å². The van der Waals surface area contributed by atoms with Gasteiger partial charge in [-0.2, -0.15) is 0 Å². The number of anilines is 2. The van der Waals surface area contributed by atoms with Crippen molar-refractivity contribution in [1.29, 1.82) is 0 Å². The zero-order valence-electron chi connectivity index (χ0n) is 8.65. The number of carboxylic acids is 1. The van der Waals surface area contributed by atoms with Crippen molar-refractivity contribution in [3.05, 3.63) is 17.7 Å². The van der Waals surface area contributed by atoms with Crippen LogP contribution in [0.2, 0.25) is 0 Å². The second-order valence-electron chi connectivity index (χ2n) is 2.92. The standard InChI is InChI=1S/C9H12N4O3/c1-2-11-9(16)13-6-4-3-5(8(14)15)7(10)12-6/h3-4H,2H2,1H3,(H,14,15)(H4,10,11,12,13,16). The summed E-state index contributed by atoms with van der Waals surface area (Å²) in [5, 5.41) is 13.6. The molecule has 86 valence electrons. The number of rotatable bonds is 3. The van der Waals surface area contributed by atoms with Gasteiger partial charge in [0.2, 0.25) is 0 Å². The number of carboxylic acid groups (broad SMARTS) is 1. The van der Waals surface area contributed by atoms with Gasteiger partial charge < -0.3 is 16.2 Å². The maximum absolute atomic E-state index is 11.1. The first-order valence-corrected chi connectivity index (χ1v) is 4.59. The molecule has 0 fully saturated rings. The molecule has 1 heterocycles. The molecule has 7 heteroatoms. The van der Waals surface area contributed by atoms with E-state index < -0.39 is 12.0 Å². The molecule has 7 nitrogen and oxygen atoms in total. The summed E-state index contributed by atoms with van der Waals surface area (Å²) < 4.78 is 0. The van der Waals surface area contributed by atoms with Gasteiger partial charge in [0.15, 0.2) is 0 Å². The topological polar surface area (TPSA) is 117 Å². The Balaban J connectivity index is 2.81. The van der Waals surface area contributed by atoms with E-state index in [-0.39, 0.29) is 17.2 Å². The summed E-state index contributed by atoms with van der Waals surface area (Å²) in [4.78, 5) is 25.5. The predicted octanol–water partition coefficient (Wildman–Crippen LogP) is 0.503. The molecule has 2 amide bonds. The molecule has 1 aromatic heterocycles. The van der Waals surface area contributed by atoms with Crippen LogP contribution >= 0.6 is 0 Å². The lowest BCUT2D eigenvalue weighted by Crippen LogP contribution is -2.28. The van der Waals surface area contributed by atoms with E-state index in [9.17, 15) is 9.59 Å². The second kappa shape index (κ2) is 4.96. The minimum absolute atomic E-state index is 0.0959. The van der Waals surface area contributed by atoms with Gasteiger partial charge in [0, 0.05) is 6.54 Å². The van der Waals surface area contributed by atoms with Gasteiger partial charge in [-0.1, -0.05) is 0 Å². The second-order valence-corrected chi connectivity index (χ2v) is 2.92. The Morgan fingerprint density at radius 3 is 2.69 bits per heavy atom. The SMILES string of the molecule is CCNC(=O)Nc1ccc(C(=O)O)c(N)n1. The summed E-state index contributed by atoms with van der Waals surface area (Å²) in [5.74, 6) is -1.09. The van der Waals surface area contributed by atoms with E-state index in [1.165, 1.54) is 12.1 Å². The molecular weight excluding hydrogens is 212 g/mol. The summed E-state index contributed by atoms with van der Waals surface area (Å²) in [7, 11) is 0. The number of nitrogens with two attached hydrogens (primary N) is 1. The summed E-state index contributed by atoms with van der Waals surface area (Å²) in [6.07, 6.45) is 0. The van der Waals surface area contributed by atoms with Gasteiger partial charge >= 0.3 is 12.0 Å². The Labute approximate surface area is 91.7 Å². The van der Waals surface area contributed by atoms with Crippen molar-refractivity contribution in [2.24, 2.45) is 0 Å². The quantitative estimate of drug-likeness (QED) is 0.596. The number of urea groups is 1. The van der Waals surface area contributed by atoms with Crippen molar-refractivity contribution in [2.45, 2.75) is 6.92 Å². The highest BCUT2D eigenvalue weighted by Gasteiger charge is 2.10. The number of hydrogen-bond acceptors (Lipinski definition) is 4. The van der Waals surface area contributed by atoms with Crippen molar-refractivity contribution < 1.29 is 14.7 Å². The molecule has 0 unspecified atom stereocenters. The maximum atomic E-state index is 11.1. The Bertz CT molecular complexity index is 419. The smallest absolute Gasteiger partial charge is 0.339 e. The van der Waals surface area contributed by atoms with E-state index in [1.54, 1.807) is 6.92 Å². The van der Waals surface area contributed by atoms with Gasteiger partial charge in [0.25, 0.3) is 0 Å². The molecule has 0 saturated carbocycles. The zero-order chi connectivity index (χ0) is 12.1. The average molecular weight is 224 g/mol. The Morgan fingerprint density at radius 2 is 2.19 bits per heavy atom. The van der Waals surface area contributed by atoms with E-state index in [0.717, 1.165) is 0 Å². The molecule has 0 bridgehead atoms. The number of carbonyl (C=O) groups is 2. The van der Waals surface area contributed by atoms with Crippen LogP contribution in [0.25, 0.3) is 0 Å².